The molecule has 1 atom stereocenters. The summed E-state index contributed by atoms with van der Waals surface area (Å²) in [7, 11) is 1.59. The van der Waals surface area contributed by atoms with E-state index < -0.39 is 0 Å². The topological polar surface area (TPSA) is 67.7 Å². The van der Waals surface area contributed by atoms with Crippen molar-refractivity contribution in [3.05, 3.63) is 24.3 Å². The van der Waals surface area contributed by atoms with Gasteiger partial charge in [0.25, 0.3) is 5.91 Å². The predicted octanol–water partition coefficient (Wildman–Crippen LogP) is -1.04. The molecule has 0 spiro atoms. The van der Waals surface area contributed by atoms with Gasteiger partial charge in [0.05, 0.1) is 32.3 Å². The van der Waals surface area contributed by atoms with E-state index >= 15 is 0 Å². The maximum atomic E-state index is 12.6. The number of hydrogen-bond acceptors (Lipinski definition) is 3. The molecule has 0 aliphatic carbocycles. The van der Waals surface area contributed by atoms with Crippen LogP contribution in [-0.4, -0.2) is 51.1 Å². The Morgan fingerprint density at radius 3 is 2.54 bits per heavy atom. The molecule has 0 radical (unpaired) electrons. The van der Waals surface area contributed by atoms with Crippen LogP contribution in [0, 0.1) is 0 Å². The summed E-state index contributed by atoms with van der Waals surface area (Å²) in [6.07, 6.45) is 4.25. The zero-order chi connectivity index (χ0) is 16.9. The molecule has 2 aliphatic rings. The Labute approximate surface area is 142 Å². The second-order valence-corrected chi connectivity index (χ2v) is 6.66. The van der Waals surface area contributed by atoms with Crippen molar-refractivity contribution >= 4 is 17.5 Å². The Bertz CT molecular complexity index is 582. The molecule has 0 unspecified atom stereocenters. The molecule has 24 heavy (non-hydrogen) atoms. The molecule has 3 N–H and O–H groups in total. The van der Waals surface area contributed by atoms with E-state index in [1.54, 1.807) is 36.3 Å². The lowest BCUT2D eigenvalue weighted by Gasteiger charge is -2.23. The Hall–Kier alpha value is -1.92. The number of carbonyl (C=O) groups is 2. The van der Waals surface area contributed by atoms with E-state index in [1.165, 1.54) is 37.3 Å². The summed E-state index contributed by atoms with van der Waals surface area (Å²) in [6, 6.07) is 6.78. The lowest BCUT2D eigenvalue weighted by molar-refractivity contribution is -0.917. The van der Waals surface area contributed by atoms with Gasteiger partial charge in [-0.3, -0.25) is 9.59 Å². The number of ether oxygens (including phenoxy) is 1. The van der Waals surface area contributed by atoms with Crippen molar-refractivity contribution < 1.29 is 24.5 Å². The first-order chi connectivity index (χ1) is 11.7. The summed E-state index contributed by atoms with van der Waals surface area (Å²) in [5.74, 6) is 0.501. The van der Waals surface area contributed by atoms with Crippen molar-refractivity contribution in [2.24, 2.45) is 0 Å². The summed E-state index contributed by atoms with van der Waals surface area (Å²) in [4.78, 5) is 27.8. The van der Waals surface area contributed by atoms with Crippen LogP contribution in [0.5, 0.6) is 5.75 Å². The average molecular weight is 333 g/mol. The number of anilines is 1. The standard InChI is InChI=1S/C18H25N3O3/c1-24-15-7-5-14(6-8-15)21-17(22)13-16(18(21)23)19-9-12-20-10-3-2-4-11-20/h5-8,16,19H,2-4,9-13H2,1H3/p+2/t16-/m0/s1. The molecule has 6 heteroatoms. The first kappa shape index (κ1) is 16.9. The van der Waals surface area contributed by atoms with Gasteiger partial charge in [-0.1, -0.05) is 0 Å². The van der Waals surface area contributed by atoms with Crippen LogP contribution in [0.15, 0.2) is 24.3 Å². The van der Waals surface area contributed by atoms with Crippen LogP contribution >= 0.6 is 0 Å². The molecule has 1 aromatic carbocycles. The monoisotopic (exact) mass is 333 g/mol. The van der Waals surface area contributed by atoms with E-state index in [1.807, 2.05) is 5.32 Å². The molecule has 2 fully saturated rings. The lowest BCUT2D eigenvalue weighted by atomic mass is 10.1. The summed E-state index contributed by atoms with van der Waals surface area (Å²) in [5.41, 5.74) is 0.628. The number of piperidine rings is 1. The van der Waals surface area contributed by atoms with Gasteiger partial charge in [0.15, 0.2) is 6.04 Å². The highest BCUT2D eigenvalue weighted by Gasteiger charge is 2.42. The minimum Gasteiger partial charge on any atom is -0.497 e. The van der Waals surface area contributed by atoms with Gasteiger partial charge < -0.3 is 15.0 Å². The number of nitrogens with two attached hydrogens (primary N) is 1. The summed E-state index contributed by atoms with van der Waals surface area (Å²) >= 11 is 0. The molecule has 0 aromatic heterocycles. The second kappa shape index (κ2) is 7.77. The number of carbonyl (C=O) groups excluding carboxylic acids is 2. The van der Waals surface area contributed by atoms with Gasteiger partial charge >= 0.3 is 0 Å². The number of methoxy groups -OCH3 is 1. The number of likely N-dealkylation sites (tertiary alicyclic amines) is 1. The van der Waals surface area contributed by atoms with Crippen LogP contribution in [0.3, 0.4) is 0 Å². The van der Waals surface area contributed by atoms with Crippen molar-refractivity contribution in [3.63, 3.8) is 0 Å². The highest BCUT2D eigenvalue weighted by molar-refractivity contribution is 6.21. The van der Waals surface area contributed by atoms with Gasteiger partial charge in [-0.2, -0.15) is 0 Å². The fourth-order valence-corrected chi connectivity index (χ4v) is 3.63. The minimum absolute atomic E-state index is 0.0983. The number of nitrogens with zero attached hydrogens (tertiary/aromatic N) is 1. The van der Waals surface area contributed by atoms with E-state index in [0.29, 0.717) is 17.9 Å². The number of amides is 2. The van der Waals surface area contributed by atoms with Crippen molar-refractivity contribution in [3.8, 4) is 5.75 Å². The zero-order valence-electron chi connectivity index (χ0n) is 14.3. The molecule has 2 saturated heterocycles. The van der Waals surface area contributed by atoms with Gasteiger partial charge in [-0.05, 0) is 43.5 Å². The molecule has 2 heterocycles. The van der Waals surface area contributed by atoms with Gasteiger partial charge in [0.1, 0.15) is 18.8 Å². The highest BCUT2D eigenvalue weighted by Crippen LogP contribution is 2.24. The van der Waals surface area contributed by atoms with Crippen LogP contribution < -0.4 is 19.9 Å². The molecule has 0 saturated carbocycles. The predicted molar refractivity (Wildman–Crippen MR) is 90.1 cm³/mol. The van der Waals surface area contributed by atoms with E-state index in [4.69, 9.17) is 4.74 Å². The fraction of sp³-hybridized carbons (Fsp3) is 0.556. The van der Waals surface area contributed by atoms with Gasteiger partial charge in [0.2, 0.25) is 5.91 Å². The number of hydrogen-bond donors (Lipinski definition) is 2. The van der Waals surface area contributed by atoms with E-state index in [0.717, 1.165) is 13.1 Å². The Kier molecular flexibility index (Phi) is 5.48. The third kappa shape index (κ3) is 3.76. The highest BCUT2D eigenvalue weighted by atomic mass is 16.5. The minimum atomic E-state index is -0.274. The maximum absolute atomic E-state index is 12.6. The largest absolute Gasteiger partial charge is 0.497 e. The molecule has 130 valence electrons. The van der Waals surface area contributed by atoms with Crippen LogP contribution in [0.25, 0.3) is 0 Å². The average Bonchev–Trinajstić information content (AvgIpc) is 2.90. The van der Waals surface area contributed by atoms with Crippen LogP contribution in [0.2, 0.25) is 0 Å². The van der Waals surface area contributed by atoms with Crippen LogP contribution in [-0.2, 0) is 9.59 Å². The molecule has 0 bridgehead atoms. The van der Waals surface area contributed by atoms with E-state index in [2.05, 4.69) is 0 Å². The number of rotatable bonds is 6. The number of benzene rings is 1. The molecule has 3 rings (SSSR count). The number of nitrogens with one attached hydrogen (secondary N) is 1. The zero-order valence-corrected chi connectivity index (χ0v) is 14.3. The Morgan fingerprint density at radius 1 is 1.17 bits per heavy atom. The number of imide groups is 1. The quantitative estimate of drug-likeness (QED) is 0.654. The lowest BCUT2D eigenvalue weighted by Crippen LogP contribution is -3.15. The fourth-order valence-electron chi connectivity index (χ4n) is 3.63. The molecule has 2 aliphatic heterocycles. The summed E-state index contributed by atoms with van der Waals surface area (Å²) < 4.78 is 5.12. The molecule has 6 nitrogen and oxygen atoms in total. The molecule has 2 amide bonds. The van der Waals surface area contributed by atoms with E-state index in [9.17, 15) is 9.59 Å². The van der Waals surface area contributed by atoms with Crippen LogP contribution in [0.1, 0.15) is 25.7 Å². The van der Waals surface area contributed by atoms with Crippen molar-refractivity contribution in [1.29, 1.82) is 0 Å². The molecular formula is C18H27N3O3+2. The van der Waals surface area contributed by atoms with Gasteiger partial charge in [0, 0.05) is 0 Å². The van der Waals surface area contributed by atoms with Crippen molar-refractivity contribution in [2.75, 3.05) is 38.2 Å². The van der Waals surface area contributed by atoms with Gasteiger partial charge in [-0.15, -0.1) is 0 Å². The third-order valence-electron chi connectivity index (χ3n) is 5.02. The molecular weight excluding hydrogens is 306 g/mol. The second-order valence-electron chi connectivity index (χ2n) is 6.66. The number of quaternary nitrogens is 2. The summed E-state index contributed by atoms with van der Waals surface area (Å²) in [6.45, 7) is 4.45. The van der Waals surface area contributed by atoms with Gasteiger partial charge in [-0.25, -0.2) is 4.90 Å². The Morgan fingerprint density at radius 2 is 1.88 bits per heavy atom. The first-order valence-corrected chi connectivity index (χ1v) is 8.87. The normalized spacial score (nSPS) is 22.2. The first-order valence-electron chi connectivity index (χ1n) is 8.87. The SMILES string of the molecule is COc1ccc(N2C(=O)C[C@H]([NH2+]CC[NH+]3CCCCC3)C2=O)cc1. The third-order valence-corrected chi connectivity index (χ3v) is 5.02. The molecule has 1 aromatic rings. The maximum Gasteiger partial charge on any atom is 0.292 e. The Balaban J connectivity index is 1.54. The van der Waals surface area contributed by atoms with Crippen LogP contribution in [0.4, 0.5) is 5.69 Å². The van der Waals surface area contributed by atoms with E-state index in [-0.39, 0.29) is 17.9 Å². The van der Waals surface area contributed by atoms with Crippen molar-refractivity contribution in [1.82, 2.24) is 0 Å². The van der Waals surface area contributed by atoms with Crippen molar-refractivity contribution in [2.45, 2.75) is 31.7 Å². The summed E-state index contributed by atoms with van der Waals surface area (Å²) in [5, 5.41) is 2.05. The smallest absolute Gasteiger partial charge is 0.292 e.